The molecular formula is C89H81Cl6N2O2P3Ru. The molecule has 0 unspecified atom stereocenters. The Labute approximate surface area is 648 Å². The molecule has 0 spiro atoms. The molecule has 103 heavy (non-hydrogen) atoms. The van der Waals surface area contributed by atoms with Gasteiger partial charge in [-0.1, -0.05) is 361 Å². The predicted molar refractivity (Wildman–Crippen MR) is 453 cm³/mol. The number of fused-ring (bicyclic) bond motifs is 1. The Kier molecular flexibility index (Phi) is 35.5. The van der Waals surface area contributed by atoms with Crippen molar-refractivity contribution in [2.75, 3.05) is 5.73 Å². The largest absolute Gasteiger partial charge is 0.0622 e. The number of aryl methyl sites for hydroxylation is 4. The average molecular weight is 1620 g/mol. The summed E-state index contributed by atoms with van der Waals surface area (Å²) in [7, 11) is 8.37. The van der Waals surface area contributed by atoms with Crippen LogP contribution in [-0.2, 0) is 21.8 Å². The third kappa shape index (κ3) is 26.2. The molecule has 13 aromatic carbocycles. The summed E-state index contributed by atoms with van der Waals surface area (Å²) < 4.78 is 0. The van der Waals surface area contributed by atoms with Gasteiger partial charge in [0.05, 0.1) is 22.8 Å². The van der Waals surface area contributed by atoms with Crippen LogP contribution < -0.4 is 53.5 Å². The summed E-state index contributed by atoms with van der Waals surface area (Å²) in [6, 6.07) is 120. The second-order valence-electron chi connectivity index (χ2n) is 23.1. The number of aromatic nitrogens is 1. The first-order chi connectivity index (χ1) is 49.5. The first-order valence-corrected chi connectivity index (χ1v) is 42.5. The van der Waals surface area contributed by atoms with E-state index in [1.165, 1.54) is 58.9 Å². The molecule has 0 aliphatic rings. The number of carbonyl (C=O) groups excluding carboxylic acids is 1. The summed E-state index contributed by atoms with van der Waals surface area (Å²) in [4.78, 5) is 15.6. The number of aliphatic hydroxyl groups is 1. The zero-order valence-corrected chi connectivity index (χ0v) is 65.9. The number of hydrogen-bond acceptors (Lipinski definition) is 4. The van der Waals surface area contributed by atoms with E-state index in [-0.39, 0.29) is 35.0 Å². The fourth-order valence-corrected chi connectivity index (χ4v) is 19.0. The normalized spacial score (nSPS) is 10.3. The standard InChI is InChI=1S/3C18H15P.C17H13Cl2N.C10H12O.C7H7Cl2NO.CH4.2ClH.Ru/c3*1-4-10-16(11-5-1)19(17-12-6-2-7-13-17)18-14-8-3-9-15-18;1-10-5-11(2)7-12(6-10)16-4-3-14-15(19)8-13(18)9-17(14)20-16;1-7-4-8(2)6-10(5-7)9(3)11;8-4-1-6(9)5(3-11)7(10)2-4;;;;/h3*1-15H;3-9H,1-2H3;4-6H,1-3H3;1-2,11H,3,10H2;1H4;2*1H;/q;;;;;;;;;+2/p-2. The van der Waals surface area contributed by atoms with Crippen molar-refractivity contribution in [3.63, 3.8) is 0 Å². The molecule has 0 amide bonds. The molecule has 0 saturated carbocycles. The van der Waals surface area contributed by atoms with Gasteiger partial charge in [-0.3, -0.25) is 4.79 Å². The Hall–Kier alpha value is -7.65. The number of Topliss-reactive ketones (excluding diaryl/α,β-unsaturated/α-hetero) is 1. The molecule has 14 rings (SSSR count). The first-order valence-electron chi connectivity index (χ1n) is 32.5. The van der Waals surface area contributed by atoms with E-state index in [0.717, 1.165) is 38.9 Å². The van der Waals surface area contributed by atoms with Crippen molar-refractivity contribution in [1.82, 2.24) is 4.98 Å². The fourth-order valence-electron chi connectivity index (χ4n) is 10.9. The van der Waals surface area contributed by atoms with Gasteiger partial charge in [0.2, 0.25) is 0 Å². The SMILES string of the molecule is C.CC(=O)c1cc(C)cc(C)c1.Cc1cc(C)cc(-c2ccc3c(Cl)cc(Cl)cc3n2)c1.Nc1cc(Cl)cc(Cl)c1CO.[Cl][Ru][Cl].c1ccc(P(c2ccccc2)c2ccccc2)cc1.c1ccc(P(c2ccccc2)c2ccccc2)cc1.c1ccc(P(c2ccccc2)c2ccccc2)cc1. The molecule has 524 valence electrons. The fraction of sp³-hybridized carbons (Fsp3) is 0.0787. The summed E-state index contributed by atoms with van der Waals surface area (Å²) in [6.45, 7) is 9.60. The number of halogens is 6. The van der Waals surface area contributed by atoms with Gasteiger partial charge in [0, 0.05) is 42.8 Å². The molecule has 0 aliphatic heterocycles. The third-order valence-corrected chi connectivity index (χ3v) is 23.8. The van der Waals surface area contributed by atoms with E-state index in [4.69, 9.17) is 76.6 Å². The second kappa shape index (κ2) is 44.2. The summed E-state index contributed by atoms with van der Waals surface area (Å²) in [5, 5.41) is 24.4. The molecule has 1 heterocycles. The van der Waals surface area contributed by atoms with Gasteiger partial charge in [-0.15, -0.1) is 0 Å². The minimum absolute atomic E-state index is 0. The molecule has 14 aromatic rings. The maximum Gasteiger partial charge on any atom is -0.0134 e. The maximum atomic E-state index is 10.9. The van der Waals surface area contributed by atoms with Gasteiger partial charge in [0.15, 0.2) is 5.78 Å². The summed E-state index contributed by atoms with van der Waals surface area (Å²) >= 11 is 23.2. The molecular weight excluding hydrogens is 1540 g/mol. The maximum absolute atomic E-state index is 10.9. The van der Waals surface area contributed by atoms with Crippen LogP contribution in [0.25, 0.3) is 22.2 Å². The smallest absolute Gasteiger partial charge is 0.0134 e. The summed E-state index contributed by atoms with van der Waals surface area (Å²) in [5.74, 6) is 0.136. The number of anilines is 1. The molecule has 0 atom stereocenters. The van der Waals surface area contributed by atoms with E-state index in [2.05, 4.69) is 316 Å². The Morgan fingerprint density at radius 2 is 0.641 bits per heavy atom. The van der Waals surface area contributed by atoms with Crippen molar-refractivity contribution in [2.45, 2.75) is 48.7 Å². The van der Waals surface area contributed by atoms with Crippen LogP contribution in [-0.4, -0.2) is 15.9 Å². The Balaban J connectivity index is 0.000000174. The zero-order valence-electron chi connectivity index (χ0n) is 57.0. The molecule has 0 bridgehead atoms. The molecule has 0 radical (unpaired) electrons. The Morgan fingerprint density at radius 1 is 0.379 bits per heavy atom. The summed E-state index contributed by atoms with van der Waals surface area (Å²) in [5.41, 5.74) is 14.9. The number of nitrogen functional groups attached to an aromatic ring is 1. The van der Waals surface area contributed by atoms with E-state index in [0.29, 0.717) is 31.3 Å². The van der Waals surface area contributed by atoms with Gasteiger partial charge in [0.25, 0.3) is 0 Å². The molecule has 4 nitrogen and oxygen atoms in total. The number of nitrogens with two attached hydrogens (primary N) is 1. The topological polar surface area (TPSA) is 76.2 Å². The number of carbonyl (C=O) groups is 1. The van der Waals surface area contributed by atoms with Crippen LogP contribution in [0, 0.1) is 27.7 Å². The molecule has 3 N–H and O–H groups in total. The van der Waals surface area contributed by atoms with Crippen molar-refractivity contribution in [2.24, 2.45) is 0 Å². The van der Waals surface area contributed by atoms with E-state index in [9.17, 15) is 4.79 Å². The van der Waals surface area contributed by atoms with Crippen molar-refractivity contribution in [3.05, 3.63) is 399 Å². The number of hydrogen-bond donors (Lipinski definition) is 2. The zero-order chi connectivity index (χ0) is 72.6. The number of ketones is 1. The third-order valence-electron chi connectivity index (χ3n) is 15.3. The number of benzene rings is 13. The van der Waals surface area contributed by atoms with Crippen molar-refractivity contribution < 1.29 is 25.0 Å². The number of pyridine rings is 1. The van der Waals surface area contributed by atoms with Gasteiger partial charge in [-0.05, 0) is 167 Å². The van der Waals surface area contributed by atoms with E-state index in [1.54, 1.807) is 25.1 Å². The van der Waals surface area contributed by atoms with Crippen LogP contribution in [0.15, 0.2) is 346 Å². The Bertz CT molecular complexity index is 4190. The van der Waals surface area contributed by atoms with Gasteiger partial charge in [-0.2, -0.15) is 0 Å². The predicted octanol–water partition coefficient (Wildman–Crippen LogP) is 22.7. The molecule has 14 heteroatoms. The second-order valence-corrected chi connectivity index (χ2v) is 34.1. The van der Waals surface area contributed by atoms with Gasteiger partial charge in [-0.25, -0.2) is 4.98 Å². The average Bonchev–Trinajstić information content (AvgIpc) is 0.816. The van der Waals surface area contributed by atoms with Crippen LogP contribution in [0.5, 0.6) is 0 Å². The number of rotatable bonds is 12. The minimum Gasteiger partial charge on any atom is -0.0622 e. The van der Waals surface area contributed by atoms with Gasteiger partial charge >= 0.3 is 34.5 Å². The number of nitrogens with zero attached hydrogens (tertiary/aromatic N) is 1. The van der Waals surface area contributed by atoms with E-state index >= 15 is 0 Å². The van der Waals surface area contributed by atoms with Crippen LogP contribution >= 0.6 is 89.6 Å². The van der Waals surface area contributed by atoms with Crippen molar-refractivity contribution in [1.29, 1.82) is 0 Å². The molecule has 1 aromatic heterocycles. The Morgan fingerprint density at radius 3 is 0.903 bits per heavy atom. The molecule has 0 saturated heterocycles. The van der Waals surface area contributed by atoms with Crippen molar-refractivity contribution in [3.8, 4) is 11.3 Å². The minimum atomic E-state index is -0.446. The van der Waals surface area contributed by atoms with E-state index in [1.807, 2.05) is 44.2 Å². The van der Waals surface area contributed by atoms with Gasteiger partial charge < -0.3 is 10.8 Å². The quantitative estimate of drug-likeness (QED) is 0.0553. The monoisotopic (exact) mass is 1610 g/mol. The van der Waals surface area contributed by atoms with Crippen molar-refractivity contribution >= 4 is 160 Å². The number of aliphatic hydroxyl groups excluding tert-OH is 1. The van der Waals surface area contributed by atoms with E-state index < -0.39 is 23.8 Å². The summed E-state index contributed by atoms with van der Waals surface area (Å²) in [6.07, 6.45) is 0. The van der Waals surface area contributed by atoms with Crippen LogP contribution in [0.4, 0.5) is 5.69 Å². The first kappa shape index (κ1) is 82.6. The van der Waals surface area contributed by atoms with Crippen LogP contribution in [0.2, 0.25) is 20.1 Å². The van der Waals surface area contributed by atoms with Crippen LogP contribution in [0.1, 0.15) is 52.5 Å². The molecule has 0 aliphatic carbocycles. The molecule has 0 fully saturated rings. The van der Waals surface area contributed by atoms with Crippen LogP contribution in [0.3, 0.4) is 0 Å². The van der Waals surface area contributed by atoms with Gasteiger partial charge in [0.1, 0.15) is 0 Å².